The Balaban J connectivity index is 3.62. The second kappa shape index (κ2) is 5.97. The lowest BCUT2D eigenvalue weighted by Gasteiger charge is -2.04. The smallest absolute Gasteiger partial charge is 0.303 e. The zero-order chi connectivity index (χ0) is 8.69. The van der Waals surface area contributed by atoms with Crippen molar-refractivity contribution in [2.24, 2.45) is 4.51 Å². The number of carbonyl (C=O) groups is 1. The number of halogens is 1. The van der Waals surface area contributed by atoms with Gasteiger partial charge in [-0.1, -0.05) is 0 Å². The number of hydrogen-bond acceptors (Lipinski definition) is 4. The van der Waals surface area contributed by atoms with Crippen molar-refractivity contribution in [2.45, 2.75) is 13.8 Å². The van der Waals surface area contributed by atoms with Gasteiger partial charge in [-0.15, -0.1) is 4.51 Å². The minimum Gasteiger partial charge on any atom is -0.478 e. The summed E-state index contributed by atoms with van der Waals surface area (Å²) in [6.45, 7) is 3.53. The van der Waals surface area contributed by atoms with Crippen LogP contribution < -0.4 is 0 Å². The molecule has 0 heterocycles. The number of hydrogen-bond donors (Lipinski definition) is 0. The average molecular weight is 182 g/mol. The third-order valence-electron chi connectivity index (χ3n) is 0.804. The predicted octanol–water partition coefficient (Wildman–Crippen LogP) is 1.14. The van der Waals surface area contributed by atoms with Crippen LogP contribution in [0.2, 0.25) is 0 Å². The van der Waals surface area contributed by atoms with E-state index in [1.54, 1.807) is 6.92 Å². The highest BCUT2D eigenvalue weighted by atomic mass is 35.5. The highest BCUT2D eigenvalue weighted by molar-refractivity contribution is 6.19. The van der Waals surface area contributed by atoms with Crippen molar-refractivity contribution in [1.82, 2.24) is 0 Å². The van der Waals surface area contributed by atoms with Crippen LogP contribution in [0.25, 0.3) is 0 Å². The van der Waals surface area contributed by atoms with Crippen molar-refractivity contribution in [3.05, 3.63) is 0 Å². The molecule has 0 aromatic rings. The minimum atomic E-state index is -0.387. The van der Waals surface area contributed by atoms with Gasteiger partial charge < -0.3 is 9.47 Å². The summed E-state index contributed by atoms with van der Waals surface area (Å²) in [5.74, 6) is -0.174. The van der Waals surface area contributed by atoms with Crippen molar-refractivity contribution in [1.29, 1.82) is 0 Å². The Morgan fingerprint density at radius 3 is 2.55 bits per heavy atom. The predicted molar refractivity (Wildman–Crippen MR) is 41.5 cm³/mol. The van der Waals surface area contributed by atoms with Crippen LogP contribution in [-0.4, -0.2) is 25.1 Å². The van der Waals surface area contributed by atoms with Gasteiger partial charge in [0.15, 0.2) is 6.61 Å². The van der Waals surface area contributed by atoms with E-state index in [1.165, 1.54) is 6.92 Å². The van der Waals surface area contributed by atoms with Crippen LogP contribution in [0.3, 0.4) is 0 Å². The maximum absolute atomic E-state index is 10.3. The zero-order valence-corrected chi connectivity index (χ0v) is 7.22. The molecule has 0 amide bonds. The molecule has 64 valence electrons. The number of esters is 1. The van der Waals surface area contributed by atoms with E-state index in [2.05, 4.69) is 9.25 Å². The molecular weight excluding hydrogens is 172 g/mol. The standard InChI is InChI=1S/C6H10ClNO3/c1-3-10-6(8-7)4-11-5(2)9/h3-4H2,1-2H3/b8-6-/i4+1,6+1. The summed E-state index contributed by atoms with van der Waals surface area (Å²) < 4.78 is 12.7. The Morgan fingerprint density at radius 2 is 2.18 bits per heavy atom. The first kappa shape index (κ1) is 10.2. The van der Waals surface area contributed by atoms with Crippen LogP contribution in [0.1, 0.15) is 13.8 Å². The van der Waals surface area contributed by atoms with Crippen molar-refractivity contribution in [2.75, 3.05) is 13.2 Å². The lowest BCUT2D eigenvalue weighted by Crippen LogP contribution is -2.14. The topological polar surface area (TPSA) is 47.9 Å². The minimum absolute atomic E-state index is 0.00727. The summed E-state index contributed by atoms with van der Waals surface area (Å²) >= 11 is 5.10. The van der Waals surface area contributed by atoms with Crippen LogP contribution in [0.5, 0.6) is 0 Å². The van der Waals surface area contributed by atoms with Crippen LogP contribution in [0.15, 0.2) is 4.51 Å². The molecule has 0 rings (SSSR count). The highest BCUT2D eigenvalue weighted by Gasteiger charge is 2.00. The lowest BCUT2D eigenvalue weighted by atomic mass is 10.8. The third kappa shape index (κ3) is 5.66. The monoisotopic (exact) mass is 181 g/mol. The molecule has 0 N–H and O–H groups in total. The molecule has 0 aliphatic carbocycles. The zero-order valence-electron chi connectivity index (χ0n) is 6.46. The van der Waals surface area contributed by atoms with Gasteiger partial charge in [-0.25, -0.2) is 0 Å². The number of carbonyl (C=O) groups excluding carboxylic acids is 1. The van der Waals surface area contributed by atoms with Crippen LogP contribution >= 0.6 is 11.8 Å². The van der Waals surface area contributed by atoms with Crippen molar-refractivity contribution < 1.29 is 14.3 Å². The molecule has 0 aromatic carbocycles. The van der Waals surface area contributed by atoms with Gasteiger partial charge in [0.05, 0.1) is 6.61 Å². The molecular formula is C6H10ClNO3. The first-order chi connectivity index (χ1) is 5.20. The summed E-state index contributed by atoms with van der Waals surface area (Å²) in [5, 5.41) is 0. The first-order valence-electron chi connectivity index (χ1n) is 3.14. The molecule has 4 nitrogen and oxygen atoms in total. The van der Waals surface area contributed by atoms with Gasteiger partial charge >= 0.3 is 5.97 Å². The molecule has 0 atom stereocenters. The first-order valence-corrected chi connectivity index (χ1v) is 3.48. The molecule has 0 aromatic heterocycles. The Hall–Kier alpha value is -0.770. The SMILES string of the molecule is CCO/[13C]([13CH2]OC(C)=O)=N\Cl. The second-order valence-corrected chi connectivity index (χ2v) is 1.86. The van der Waals surface area contributed by atoms with Crippen molar-refractivity contribution >= 4 is 23.6 Å². The number of rotatable bonds is 3. The Morgan fingerprint density at radius 1 is 1.55 bits per heavy atom. The molecule has 0 spiro atoms. The normalized spacial score (nSPS) is 11.0. The Labute approximate surface area is 70.3 Å². The average Bonchev–Trinajstić information content (AvgIpc) is 1.97. The van der Waals surface area contributed by atoms with E-state index in [1.807, 2.05) is 0 Å². The Kier molecular flexibility index (Phi) is 5.56. The van der Waals surface area contributed by atoms with E-state index >= 15 is 0 Å². The Bertz CT molecular complexity index is 158. The van der Waals surface area contributed by atoms with E-state index in [9.17, 15) is 4.79 Å². The van der Waals surface area contributed by atoms with E-state index < -0.39 is 0 Å². The van der Waals surface area contributed by atoms with E-state index in [4.69, 9.17) is 16.5 Å². The summed E-state index contributed by atoms with van der Waals surface area (Å²) in [6.07, 6.45) is 0. The molecule has 0 saturated heterocycles. The van der Waals surface area contributed by atoms with Gasteiger partial charge in [-0.2, -0.15) is 0 Å². The van der Waals surface area contributed by atoms with Gasteiger partial charge in [-0.05, 0) is 6.92 Å². The number of nitrogens with zero attached hydrogens (tertiary/aromatic N) is 1. The molecule has 0 bridgehead atoms. The van der Waals surface area contributed by atoms with Crippen molar-refractivity contribution in [3.8, 4) is 0 Å². The fourth-order valence-corrected chi connectivity index (χ4v) is 0.518. The van der Waals surface area contributed by atoms with Gasteiger partial charge in [-0.3, -0.25) is 4.79 Å². The maximum atomic E-state index is 10.3. The van der Waals surface area contributed by atoms with Crippen molar-refractivity contribution in [3.63, 3.8) is 0 Å². The second-order valence-electron chi connectivity index (χ2n) is 1.69. The van der Waals surface area contributed by atoms with Crippen LogP contribution in [-0.2, 0) is 14.3 Å². The molecule has 11 heavy (non-hydrogen) atoms. The van der Waals surface area contributed by atoms with Gasteiger partial charge in [0.25, 0.3) is 0 Å². The highest BCUT2D eigenvalue weighted by Crippen LogP contribution is 1.89. The molecule has 0 aliphatic rings. The maximum Gasteiger partial charge on any atom is 0.303 e. The largest absolute Gasteiger partial charge is 0.478 e. The quantitative estimate of drug-likeness (QED) is 0.284. The van der Waals surface area contributed by atoms with Gasteiger partial charge in [0, 0.05) is 18.7 Å². The number of ether oxygens (including phenoxy) is 2. The summed E-state index contributed by atoms with van der Waals surface area (Å²) in [6, 6.07) is 0. The third-order valence-corrected chi connectivity index (χ3v) is 0.993. The van der Waals surface area contributed by atoms with E-state index in [0.29, 0.717) is 6.61 Å². The molecule has 0 radical (unpaired) electrons. The summed E-state index contributed by atoms with van der Waals surface area (Å²) in [5.41, 5.74) is 0. The fourth-order valence-electron chi connectivity index (χ4n) is 0.420. The molecule has 0 unspecified atom stereocenters. The van der Waals surface area contributed by atoms with E-state index in [-0.39, 0.29) is 18.5 Å². The van der Waals surface area contributed by atoms with Gasteiger partial charge in [0.2, 0.25) is 5.90 Å². The molecule has 0 saturated carbocycles. The lowest BCUT2D eigenvalue weighted by molar-refractivity contribution is -0.139. The molecule has 5 heteroatoms. The van der Waals surface area contributed by atoms with Crippen LogP contribution in [0, 0.1) is 0 Å². The summed E-state index contributed by atoms with van der Waals surface area (Å²) in [4.78, 5) is 10.3. The van der Waals surface area contributed by atoms with E-state index in [0.717, 1.165) is 0 Å². The summed E-state index contributed by atoms with van der Waals surface area (Å²) in [7, 11) is 0. The molecule has 0 aliphatic heterocycles. The molecule has 0 fully saturated rings. The van der Waals surface area contributed by atoms with Gasteiger partial charge in [0.1, 0.15) is 0 Å². The van der Waals surface area contributed by atoms with Crippen LogP contribution in [0.4, 0.5) is 0 Å². The fraction of sp³-hybridized carbons (Fsp3) is 0.667.